The van der Waals surface area contributed by atoms with Crippen molar-refractivity contribution in [2.24, 2.45) is 0 Å². The average molecular weight is 392 g/mol. The molecule has 3 aromatic heterocycles. The summed E-state index contributed by atoms with van der Waals surface area (Å²) in [6, 6.07) is 11.3. The summed E-state index contributed by atoms with van der Waals surface area (Å²) in [5.41, 5.74) is 0.698. The molecular weight excluding hydrogens is 376 g/mol. The normalized spacial score (nSPS) is 10.8. The molecule has 1 amide bonds. The molecule has 0 aliphatic carbocycles. The number of hydrogen-bond donors (Lipinski definition) is 1. The van der Waals surface area contributed by atoms with Crippen LogP contribution in [0, 0.1) is 0 Å². The van der Waals surface area contributed by atoms with Crippen molar-refractivity contribution in [3.8, 4) is 17.3 Å². The summed E-state index contributed by atoms with van der Waals surface area (Å²) in [6.07, 6.45) is 1.57. The third-order valence-corrected chi connectivity index (χ3v) is 4.01. The minimum absolute atomic E-state index is 0.0210. The van der Waals surface area contributed by atoms with Crippen LogP contribution in [0.25, 0.3) is 22.4 Å². The van der Waals surface area contributed by atoms with Gasteiger partial charge in [-0.15, -0.1) is 0 Å². The van der Waals surface area contributed by atoms with E-state index in [1.807, 2.05) is 6.92 Å². The summed E-state index contributed by atoms with van der Waals surface area (Å²) in [5.74, 6) is 0.385. The first-order valence-electron chi connectivity index (χ1n) is 8.87. The number of hydrogen-bond acceptors (Lipinski definition) is 8. The number of ether oxygens (including phenoxy) is 1. The highest BCUT2D eigenvalue weighted by Crippen LogP contribution is 2.17. The van der Waals surface area contributed by atoms with Gasteiger partial charge in [0.15, 0.2) is 11.2 Å². The van der Waals surface area contributed by atoms with E-state index in [1.165, 1.54) is 0 Å². The largest absolute Gasteiger partial charge is 0.478 e. The van der Waals surface area contributed by atoms with Crippen LogP contribution in [-0.2, 0) is 6.54 Å². The molecule has 0 radical (unpaired) electrons. The second-order valence-corrected chi connectivity index (χ2v) is 5.98. The SMILES string of the molecule is CCOc1ccc(-c2noc(CNC(=O)c3cc(=O)c4ccccc4o3)n2)cn1. The van der Waals surface area contributed by atoms with E-state index in [0.717, 1.165) is 6.07 Å². The van der Waals surface area contributed by atoms with E-state index < -0.39 is 5.91 Å². The Bertz CT molecular complexity index is 1210. The molecule has 0 unspecified atom stereocenters. The van der Waals surface area contributed by atoms with Crippen LogP contribution in [0.2, 0.25) is 0 Å². The molecule has 9 heteroatoms. The Morgan fingerprint density at radius 2 is 2.07 bits per heavy atom. The molecule has 4 rings (SSSR count). The predicted molar refractivity (Wildman–Crippen MR) is 102 cm³/mol. The van der Waals surface area contributed by atoms with Crippen LogP contribution in [0.5, 0.6) is 5.88 Å². The minimum Gasteiger partial charge on any atom is -0.478 e. The van der Waals surface area contributed by atoms with Crippen LogP contribution >= 0.6 is 0 Å². The number of rotatable bonds is 6. The van der Waals surface area contributed by atoms with Crippen LogP contribution < -0.4 is 15.5 Å². The lowest BCUT2D eigenvalue weighted by molar-refractivity contribution is 0.0919. The van der Waals surface area contributed by atoms with E-state index >= 15 is 0 Å². The lowest BCUT2D eigenvalue weighted by atomic mass is 10.2. The molecule has 146 valence electrons. The van der Waals surface area contributed by atoms with E-state index in [-0.39, 0.29) is 23.6 Å². The zero-order valence-electron chi connectivity index (χ0n) is 15.4. The Kier molecular flexibility index (Phi) is 5.02. The van der Waals surface area contributed by atoms with E-state index in [4.69, 9.17) is 13.7 Å². The number of benzene rings is 1. The molecule has 0 fully saturated rings. The number of carbonyl (C=O) groups excluding carboxylic acids is 1. The Balaban J connectivity index is 1.44. The first-order valence-corrected chi connectivity index (χ1v) is 8.87. The third kappa shape index (κ3) is 3.98. The zero-order chi connectivity index (χ0) is 20.2. The number of aromatic nitrogens is 3. The highest BCUT2D eigenvalue weighted by atomic mass is 16.5. The van der Waals surface area contributed by atoms with Gasteiger partial charge in [-0.1, -0.05) is 17.3 Å². The average Bonchev–Trinajstić information content (AvgIpc) is 3.22. The van der Waals surface area contributed by atoms with Crippen molar-refractivity contribution in [3.63, 3.8) is 0 Å². The van der Waals surface area contributed by atoms with Gasteiger partial charge in [-0.3, -0.25) is 9.59 Å². The van der Waals surface area contributed by atoms with Crippen molar-refractivity contribution >= 4 is 16.9 Å². The van der Waals surface area contributed by atoms with E-state index in [0.29, 0.717) is 34.8 Å². The second kappa shape index (κ2) is 7.93. The van der Waals surface area contributed by atoms with Crippen LogP contribution in [0.3, 0.4) is 0 Å². The second-order valence-electron chi connectivity index (χ2n) is 5.98. The maximum absolute atomic E-state index is 12.3. The highest BCUT2D eigenvalue weighted by molar-refractivity contribution is 5.93. The Morgan fingerprint density at radius 3 is 2.86 bits per heavy atom. The Morgan fingerprint density at radius 1 is 1.21 bits per heavy atom. The molecule has 9 nitrogen and oxygen atoms in total. The molecule has 0 saturated carbocycles. The summed E-state index contributed by atoms with van der Waals surface area (Å²) in [6.45, 7) is 2.38. The van der Waals surface area contributed by atoms with Crippen molar-refractivity contribution < 1.29 is 18.5 Å². The fourth-order valence-corrected chi connectivity index (χ4v) is 2.65. The van der Waals surface area contributed by atoms with Gasteiger partial charge in [0, 0.05) is 23.9 Å². The number of nitrogens with zero attached hydrogens (tertiary/aromatic N) is 3. The monoisotopic (exact) mass is 392 g/mol. The Labute approximate surface area is 164 Å². The summed E-state index contributed by atoms with van der Waals surface area (Å²) in [4.78, 5) is 32.8. The van der Waals surface area contributed by atoms with Gasteiger partial charge < -0.3 is 19.0 Å². The lowest BCUT2D eigenvalue weighted by Gasteiger charge is -2.03. The molecule has 29 heavy (non-hydrogen) atoms. The van der Waals surface area contributed by atoms with Gasteiger partial charge in [0.05, 0.1) is 18.5 Å². The third-order valence-electron chi connectivity index (χ3n) is 4.01. The first-order chi connectivity index (χ1) is 14.1. The van der Waals surface area contributed by atoms with Crippen molar-refractivity contribution in [3.05, 3.63) is 70.5 Å². The molecule has 0 atom stereocenters. The fraction of sp³-hybridized carbons (Fsp3) is 0.150. The molecule has 1 aromatic carbocycles. The molecule has 0 bridgehead atoms. The lowest BCUT2D eigenvalue weighted by Crippen LogP contribution is -2.24. The number of nitrogens with one attached hydrogen (secondary N) is 1. The van der Waals surface area contributed by atoms with Gasteiger partial charge >= 0.3 is 0 Å². The topological polar surface area (TPSA) is 120 Å². The van der Waals surface area contributed by atoms with Gasteiger partial charge in [-0.05, 0) is 25.1 Å². The standard InChI is InChI=1S/C20H16N4O5/c1-2-27-17-8-7-12(10-21-17)19-23-18(29-24-19)11-22-20(26)16-9-14(25)13-5-3-4-6-15(13)28-16/h3-10H,2,11H2,1H3,(H,22,26). The minimum atomic E-state index is -0.560. The summed E-state index contributed by atoms with van der Waals surface area (Å²) >= 11 is 0. The molecule has 4 aromatic rings. The van der Waals surface area contributed by atoms with Crippen LogP contribution in [0.1, 0.15) is 23.4 Å². The van der Waals surface area contributed by atoms with E-state index in [1.54, 1.807) is 42.6 Å². The van der Waals surface area contributed by atoms with Crippen molar-refractivity contribution in [2.45, 2.75) is 13.5 Å². The molecule has 0 saturated heterocycles. The maximum Gasteiger partial charge on any atom is 0.287 e. The summed E-state index contributed by atoms with van der Waals surface area (Å²) in [5, 5.41) is 6.88. The van der Waals surface area contributed by atoms with Gasteiger partial charge in [0.1, 0.15) is 5.58 Å². The van der Waals surface area contributed by atoms with Crippen molar-refractivity contribution in [1.82, 2.24) is 20.4 Å². The molecule has 0 aliphatic heterocycles. The molecule has 1 N–H and O–H groups in total. The van der Waals surface area contributed by atoms with Gasteiger partial charge in [-0.25, -0.2) is 4.98 Å². The summed E-state index contributed by atoms with van der Waals surface area (Å²) < 4.78 is 15.9. The van der Waals surface area contributed by atoms with Crippen LogP contribution in [0.15, 0.2) is 62.4 Å². The van der Waals surface area contributed by atoms with Crippen LogP contribution in [-0.4, -0.2) is 27.6 Å². The number of carbonyl (C=O) groups is 1. The van der Waals surface area contributed by atoms with Crippen molar-refractivity contribution in [1.29, 1.82) is 0 Å². The van der Waals surface area contributed by atoms with Crippen molar-refractivity contribution in [2.75, 3.05) is 6.61 Å². The first kappa shape index (κ1) is 18.4. The molecule has 0 aliphatic rings. The number of para-hydroxylation sites is 1. The van der Waals surface area contributed by atoms with Gasteiger partial charge in [-0.2, -0.15) is 4.98 Å². The number of fused-ring (bicyclic) bond motifs is 1. The number of pyridine rings is 1. The predicted octanol–water partition coefficient (Wildman–Crippen LogP) is 2.57. The van der Waals surface area contributed by atoms with E-state index in [9.17, 15) is 9.59 Å². The van der Waals surface area contributed by atoms with Gasteiger partial charge in [0.25, 0.3) is 5.91 Å². The molecular formula is C20H16N4O5. The summed E-state index contributed by atoms with van der Waals surface area (Å²) in [7, 11) is 0. The zero-order valence-corrected chi connectivity index (χ0v) is 15.4. The highest BCUT2D eigenvalue weighted by Gasteiger charge is 2.14. The van der Waals surface area contributed by atoms with Crippen LogP contribution in [0.4, 0.5) is 0 Å². The van der Waals surface area contributed by atoms with E-state index in [2.05, 4.69) is 20.4 Å². The quantitative estimate of drug-likeness (QED) is 0.531. The Hall–Kier alpha value is -4.01. The molecule has 3 heterocycles. The number of amides is 1. The smallest absolute Gasteiger partial charge is 0.287 e. The fourth-order valence-electron chi connectivity index (χ4n) is 2.65. The maximum atomic E-state index is 12.3. The van der Waals surface area contributed by atoms with Gasteiger partial charge in [0.2, 0.25) is 17.6 Å². The molecule has 0 spiro atoms.